The number of ether oxygens (including phenoxy) is 1. The van der Waals surface area contributed by atoms with Gasteiger partial charge >= 0.3 is 0 Å². The third-order valence-corrected chi connectivity index (χ3v) is 6.56. The molecule has 1 atom stereocenters. The molecule has 0 bridgehead atoms. The van der Waals surface area contributed by atoms with Crippen LogP contribution in [0.3, 0.4) is 0 Å². The van der Waals surface area contributed by atoms with Gasteiger partial charge in [-0.2, -0.15) is 0 Å². The fourth-order valence-corrected chi connectivity index (χ4v) is 4.74. The summed E-state index contributed by atoms with van der Waals surface area (Å²) >= 11 is 1.52. The Balaban J connectivity index is 1.40. The van der Waals surface area contributed by atoms with Gasteiger partial charge in [0.2, 0.25) is 5.91 Å². The molecule has 1 aliphatic heterocycles. The monoisotopic (exact) mass is 461 g/mol. The van der Waals surface area contributed by atoms with Crippen molar-refractivity contribution in [2.24, 2.45) is 0 Å². The Bertz CT molecular complexity index is 1210. The number of nitrogens with zero attached hydrogens (tertiary/aromatic N) is 4. The fraction of sp³-hybridized carbons (Fsp3) is 0.320. The molecule has 1 unspecified atom stereocenters. The van der Waals surface area contributed by atoms with E-state index < -0.39 is 0 Å². The van der Waals surface area contributed by atoms with Gasteiger partial charge in [0, 0.05) is 25.0 Å². The van der Waals surface area contributed by atoms with Crippen LogP contribution >= 0.6 is 11.3 Å². The predicted octanol–water partition coefficient (Wildman–Crippen LogP) is 3.66. The van der Waals surface area contributed by atoms with Gasteiger partial charge in [0.05, 0.1) is 35.8 Å². The van der Waals surface area contributed by atoms with Crippen molar-refractivity contribution < 1.29 is 9.53 Å². The van der Waals surface area contributed by atoms with Crippen LogP contribution < -0.4 is 5.32 Å². The third-order valence-electron chi connectivity index (χ3n) is 5.98. The number of imidazole rings is 1. The molecule has 1 aliphatic rings. The molecule has 2 aromatic carbocycles. The van der Waals surface area contributed by atoms with Crippen molar-refractivity contribution in [1.29, 1.82) is 0 Å². The van der Waals surface area contributed by atoms with Crippen molar-refractivity contribution in [1.82, 2.24) is 24.8 Å². The van der Waals surface area contributed by atoms with E-state index in [1.54, 1.807) is 5.51 Å². The summed E-state index contributed by atoms with van der Waals surface area (Å²) in [5, 5.41) is 5.25. The first kappa shape index (κ1) is 21.8. The zero-order valence-electron chi connectivity index (χ0n) is 18.6. The van der Waals surface area contributed by atoms with E-state index in [0.29, 0.717) is 5.82 Å². The van der Waals surface area contributed by atoms with Gasteiger partial charge < -0.3 is 14.6 Å². The Hall–Kier alpha value is -3.07. The number of hydrogen-bond acceptors (Lipinski definition) is 6. The van der Waals surface area contributed by atoms with E-state index in [2.05, 4.69) is 46.4 Å². The lowest BCUT2D eigenvalue weighted by Gasteiger charge is -2.31. The second kappa shape index (κ2) is 9.82. The van der Waals surface area contributed by atoms with Crippen LogP contribution in [-0.4, -0.2) is 58.2 Å². The summed E-state index contributed by atoms with van der Waals surface area (Å²) in [7, 11) is 0. The Morgan fingerprint density at radius 3 is 2.70 bits per heavy atom. The SMILES string of the molecule is Cc1ccc(C(CN2CCOCC2)NC(=O)Cn2c(-c3cscn3)nc3ccccc32)cc1. The fourth-order valence-electron chi connectivity index (χ4n) is 4.21. The molecule has 8 heteroatoms. The van der Waals surface area contributed by atoms with Crippen molar-refractivity contribution in [3.8, 4) is 11.5 Å². The van der Waals surface area contributed by atoms with E-state index in [1.807, 2.05) is 34.2 Å². The molecule has 3 heterocycles. The van der Waals surface area contributed by atoms with Crippen molar-refractivity contribution in [3.63, 3.8) is 0 Å². The van der Waals surface area contributed by atoms with Gasteiger partial charge in [-0.1, -0.05) is 42.0 Å². The van der Waals surface area contributed by atoms with Crippen LogP contribution in [0.25, 0.3) is 22.6 Å². The van der Waals surface area contributed by atoms with Crippen LogP contribution in [-0.2, 0) is 16.1 Å². The molecule has 2 aromatic heterocycles. The number of fused-ring (bicyclic) bond motifs is 1. The summed E-state index contributed by atoms with van der Waals surface area (Å²) in [5.74, 6) is 0.668. The number of aromatic nitrogens is 3. The predicted molar refractivity (Wildman–Crippen MR) is 130 cm³/mol. The molecule has 1 amide bonds. The molecular weight excluding hydrogens is 434 g/mol. The normalized spacial score (nSPS) is 15.5. The molecule has 5 rings (SSSR count). The highest BCUT2D eigenvalue weighted by Gasteiger charge is 2.22. The second-order valence-corrected chi connectivity index (χ2v) is 9.05. The Kier molecular flexibility index (Phi) is 6.48. The maximum atomic E-state index is 13.3. The first-order valence-electron chi connectivity index (χ1n) is 11.2. The van der Waals surface area contributed by atoms with Crippen LogP contribution in [0.5, 0.6) is 0 Å². The first-order valence-corrected chi connectivity index (χ1v) is 12.1. The molecule has 0 spiro atoms. The number of hydrogen-bond donors (Lipinski definition) is 1. The van der Waals surface area contributed by atoms with Crippen LogP contribution in [0.15, 0.2) is 59.4 Å². The minimum Gasteiger partial charge on any atom is -0.379 e. The number of carbonyl (C=O) groups excluding carboxylic acids is 1. The second-order valence-electron chi connectivity index (χ2n) is 8.33. The molecule has 0 aliphatic carbocycles. The third kappa shape index (κ3) is 4.98. The van der Waals surface area contributed by atoms with Gasteiger partial charge in [-0.25, -0.2) is 9.97 Å². The lowest BCUT2D eigenvalue weighted by molar-refractivity contribution is -0.122. The standard InChI is InChI=1S/C25H27N5O2S/c1-18-6-8-19(9-7-18)21(14-29-10-12-32-13-11-29)27-24(31)15-30-23-5-3-2-4-20(23)28-25(30)22-16-33-17-26-22/h2-9,16-17,21H,10-15H2,1H3,(H,27,31). The number of thiazole rings is 1. The summed E-state index contributed by atoms with van der Waals surface area (Å²) in [5.41, 5.74) is 6.66. The smallest absolute Gasteiger partial charge is 0.240 e. The molecule has 1 fully saturated rings. The number of nitrogens with one attached hydrogen (secondary N) is 1. The van der Waals surface area contributed by atoms with E-state index in [9.17, 15) is 4.79 Å². The number of benzene rings is 2. The average Bonchev–Trinajstić information content (AvgIpc) is 3.48. The van der Waals surface area contributed by atoms with Crippen LogP contribution in [0, 0.1) is 6.92 Å². The zero-order valence-corrected chi connectivity index (χ0v) is 19.4. The van der Waals surface area contributed by atoms with Gasteiger partial charge in [0.25, 0.3) is 0 Å². The number of aryl methyl sites for hydroxylation is 1. The number of para-hydroxylation sites is 2. The van der Waals surface area contributed by atoms with Gasteiger partial charge in [0.15, 0.2) is 5.82 Å². The molecule has 33 heavy (non-hydrogen) atoms. The van der Waals surface area contributed by atoms with E-state index in [1.165, 1.54) is 16.9 Å². The van der Waals surface area contributed by atoms with Gasteiger partial charge in [-0.05, 0) is 24.6 Å². The summed E-state index contributed by atoms with van der Waals surface area (Å²) in [6, 6.07) is 16.2. The van der Waals surface area contributed by atoms with Crippen molar-refractivity contribution >= 4 is 28.3 Å². The summed E-state index contributed by atoms with van der Waals surface area (Å²) < 4.78 is 7.46. The quantitative estimate of drug-likeness (QED) is 0.455. The molecule has 1 saturated heterocycles. The van der Waals surface area contributed by atoms with Crippen LogP contribution in [0.2, 0.25) is 0 Å². The molecule has 0 saturated carbocycles. The maximum absolute atomic E-state index is 13.3. The minimum atomic E-state index is -0.103. The molecular formula is C25H27N5O2S. The summed E-state index contributed by atoms with van der Waals surface area (Å²) in [6.45, 7) is 6.21. The molecule has 7 nitrogen and oxygen atoms in total. The van der Waals surface area contributed by atoms with Crippen LogP contribution in [0.4, 0.5) is 0 Å². The number of morpholine rings is 1. The highest BCUT2D eigenvalue weighted by molar-refractivity contribution is 7.07. The maximum Gasteiger partial charge on any atom is 0.240 e. The van der Waals surface area contributed by atoms with E-state index in [0.717, 1.165) is 55.1 Å². The highest BCUT2D eigenvalue weighted by atomic mass is 32.1. The number of rotatable bonds is 7. The zero-order chi connectivity index (χ0) is 22.6. The Labute approximate surface area is 197 Å². The molecule has 0 radical (unpaired) electrons. The topological polar surface area (TPSA) is 72.3 Å². The van der Waals surface area contributed by atoms with E-state index in [4.69, 9.17) is 9.72 Å². The lowest BCUT2D eigenvalue weighted by atomic mass is 10.0. The van der Waals surface area contributed by atoms with E-state index >= 15 is 0 Å². The Morgan fingerprint density at radius 1 is 1.15 bits per heavy atom. The number of amides is 1. The first-order chi connectivity index (χ1) is 16.2. The average molecular weight is 462 g/mol. The van der Waals surface area contributed by atoms with Crippen LogP contribution in [0.1, 0.15) is 17.2 Å². The van der Waals surface area contributed by atoms with Crippen molar-refractivity contribution in [2.75, 3.05) is 32.8 Å². The lowest BCUT2D eigenvalue weighted by Crippen LogP contribution is -2.43. The summed E-state index contributed by atoms with van der Waals surface area (Å²) in [4.78, 5) is 24.9. The van der Waals surface area contributed by atoms with Gasteiger partial charge in [0.1, 0.15) is 12.2 Å². The Morgan fingerprint density at radius 2 is 1.94 bits per heavy atom. The highest BCUT2D eigenvalue weighted by Crippen LogP contribution is 2.25. The van der Waals surface area contributed by atoms with Crippen molar-refractivity contribution in [3.05, 3.63) is 70.5 Å². The molecule has 170 valence electrons. The number of carbonyl (C=O) groups is 1. The van der Waals surface area contributed by atoms with Gasteiger partial charge in [-0.15, -0.1) is 11.3 Å². The van der Waals surface area contributed by atoms with E-state index in [-0.39, 0.29) is 18.5 Å². The molecule has 1 N–H and O–H groups in total. The molecule has 4 aromatic rings. The van der Waals surface area contributed by atoms with Gasteiger partial charge in [-0.3, -0.25) is 9.69 Å². The minimum absolute atomic E-state index is 0.0477. The largest absolute Gasteiger partial charge is 0.379 e. The summed E-state index contributed by atoms with van der Waals surface area (Å²) in [6.07, 6.45) is 0. The van der Waals surface area contributed by atoms with Crippen molar-refractivity contribution in [2.45, 2.75) is 19.5 Å².